The highest BCUT2D eigenvalue weighted by Gasteiger charge is 2.21. The summed E-state index contributed by atoms with van der Waals surface area (Å²) >= 11 is 0. The summed E-state index contributed by atoms with van der Waals surface area (Å²) in [6, 6.07) is 4.99. The molecule has 0 radical (unpaired) electrons. The Morgan fingerprint density at radius 2 is 2.12 bits per heavy atom. The van der Waals surface area contributed by atoms with E-state index in [9.17, 15) is 9.90 Å². The van der Waals surface area contributed by atoms with E-state index in [1.165, 1.54) is 0 Å². The fraction of sp³-hybridized carbons (Fsp3) is 0.462. The van der Waals surface area contributed by atoms with Gasteiger partial charge in [-0.2, -0.15) is 0 Å². The Morgan fingerprint density at radius 1 is 1.47 bits per heavy atom. The first-order chi connectivity index (χ1) is 7.85. The molecule has 4 N–H and O–H groups in total. The maximum absolute atomic E-state index is 12.0. The highest BCUT2D eigenvalue weighted by atomic mass is 16.3. The van der Waals surface area contributed by atoms with Crippen molar-refractivity contribution in [1.82, 2.24) is 5.32 Å². The average molecular weight is 236 g/mol. The second-order valence-corrected chi connectivity index (χ2v) is 4.90. The second kappa shape index (κ2) is 5.19. The van der Waals surface area contributed by atoms with E-state index in [0.29, 0.717) is 18.5 Å². The average Bonchev–Trinajstić information content (AvgIpc) is 2.15. The number of hydrogen-bond donors (Lipinski definition) is 3. The van der Waals surface area contributed by atoms with E-state index in [2.05, 4.69) is 5.32 Å². The summed E-state index contributed by atoms with van der Waals surface area (Å²) in [6.45, 7) is 6.18. The molecule has 0 saturated heterocycles. The zero-order valence-electron chi connectivity index (χ0n) is 10.6. The van der Waals surface area contributed by atoms with Crippen LogP contribution in [-0.4, -0.2) is 23.1 Å². The SMILES string of the molecule is Cc1ccc(C(=O)NC(C)(C)CCN)c(O)c1. The van der Waals surface area contributed by atoms with E-state index in [1.54, 1.807) is 18.2 Å². The zero-order valence-corrected chi connectivity index (χ0v) is 10.6. The molecule has 1 amide bonds. The molecular weight excluding hydrogens is 216 g/mol. The van der Waals surface area contributed by atoms with Crippen molar-refractivity contribution < 1.29 is 9.90 Å². The van der Waals surface area contributed by atoms with Crippen molar-refractivity contribution in [2.24, 2.45) is 5.73 Å². The van der Waals surface area contributed by atoms with Crippen LogP contribution in [0.5, 0.6) is 5.75 Å². The molecule has 1 rings (SSSR count). The van der Waals surface area contributed by atoms with E-state index >= 15 is 0 Å². The van der Waals surface area contributed by atoms with Crippen LogP contribution in [0.4, 0.5) is 0 Å². The van der Waals surface area contributed by atoms with Gasteiger partial charge in [-0.05, 0) is 51.4 Å². The molecule has 0 fully saturated rings. The quantitative estimate of drug-likeness (QED) is 0.742. The monoisotopic (exact) mass is 236 g/mol. The fourth-order valence-electron chi connectivity index (χ4n) is 1.63. The Kier molecular flexibility index (Phi) is 4.12. The Balaban J connectivity index is 2.83. The van der Waals surface area contributed by atoms with Crippen LogP contribution in [0.3, 0.4) is 0 Å². The molecular formula is C13H20N2O2. The predicted molar refractivity (Wildman–Crippen MR) is 68.1 cm³/mol. The van der Waals surface area contributed by atoms with Crippen LogP contribution in [0.1, 0.15) is 36.2 Å². The molecule has 0 unspecified atom stereocenters. The van der Waals surface area contributed by atoms with Crippen molar-refractivity contribution >= 4 is 5.91 Å². The minimum atomic E-state index is -0.372. The molecule has 17 heavy (non-hydrogen) atoms. The maximum Gasteiger partial charge on any atom is 0.255 e. The molecule has 0 aromatic heterocycles. The molecule has 0 aliphatic rings. The lowest BCUT2D eigenvalue weighted by molar-refractivity contribution is 0.0907. The number of phenols is 1. The molecule has 0 atom stereocenters. The van der Waals surface area contributed by atoms with Crippen LogP contribution in [0.25, 0.3) is 0 Å². The van der Waals surface area contributed by atoms with Crippen LogP contribution in [0.15, 0.2) is 18.2 Å². The number of benzene rings is 1. The topological polar surface area (TPSA) is 75.4 Å². The molecule has 0 aliphatic carbocycles. The maximum atomic E-state index is 12.0. The minimum absolute atomic E-state index is 0.00560. The first-order valence-electron chi connectivity index (χ1n) is 5.68. The van der Waals surface area contributed by atoms with Crippen LogP contribution in [0.2, 0.25) is 0 Å². The normalized spacial score (nSPS) is 11.3. The van der Waals surface area contributed by atoms with Crippen molar-refractivity contribution in [1.29, 1.82) is 0 Å². The molecule has 0 spiro atoms. The summed E-state index contributed by atoms with van der Waals surface area (Å²) in [6.07, 6.45) is 0.686. The first-order valence-corrected chi connectivity index (χ1v) is 5.68. The lowest BCUT2D eigenvalue weighted by Gasteiger charge is -2.25. The third-order valence-corrected chi connectivity index (χ3v) is 2.62. The number of nitrogens with two attached hydrogens (primary N) is 1. The van der Waals surface area contributed by atoms with Gasteiger partial charge in [0.25, 0.3) is 5.91 Å². The number of rotatable bonds is 4. The summed E-state index contributed by atoms with van der Waals surface area (Å²) in [5.41, 5.74) is 6.32. The second-order valence-electron chi connectivity index (χ2n) is 4.90. The summed E-state index contributed by atoms with van der Waals surface area (Å²) in [4.78, 5) is 12.0. The summed E-state index contributed by atoms with van der Waals surface area (Å²) < 4.78 is 0. The lowest BCUT2D eigenvalue weighted by atomic mass is 10.00. The molecule has 0 bridgehead atoms. The Bertz CT molecular complexity index is 414. The van der Waals surface area contributed by atoms with Gasteiger partial charge in [-0.15, -0.1) is 0 Å². The van der Waals surface area contributed by atoms with Gasteiger partial charge in [-0.3, -0.25) is 4.79 Å². The van der Waals surface area contributed by atoms with Crippen molar-refractivity contribution in [3.63, 3.8) is 0 Å². The zero-order chi connectivity index (χ0) is 13.1. The third-order valence-electron chi connectivity index (χ3n) is 2.62. The van der Waals surface area contributed by atoms with Crippen molar-refractivity contribution in [3.05, 3.63) is 29.3 Å². The van der Waals surface area contributed by atoms with Gasteiger partial charge in [0.05, 0.1) is 5.56 Å². The highest BCUT2D eigenvalue weighted by Crippen LogP contribution is 2.19. The van der Waals surface area contributed by atoms with E-state index in [-0.39, 0.29) is 17.2 Å². The number of nitrogens with one attached hydrogen (secondary N) is 1. The van der Waals surface area contributed by atoms with Crippen molar-refractivity contribution in [3.8, 4) is 5.75 Å². The van der Waals surface area contributed by atoms with Gasteiger partial charge in [0.15, 0.2) is 0 Å². The number of carbonyl (C=O) groups is 1. The van der Waals surface area contributed by atoms with E-state index in [0.717, 1.165) is 5.56 Å². The summed E-state index contributed by atoms with van der Waals surface area (Å²) in [5.74, 6) is -0.271. The fourth-order valence-corrected chi connectivity index (χ4v) is 1.63. The molecule has 94 valence electrons. The van der Waals surface area contributed by atoms with Gasteiger partial charge in [-0.25, -0.2) is 0 Å². The van der Waals surface area contributed by atoms with E-state index in [1.807, 2.05) is 20.8 Å². The molecule has 4 heteroatoms. The molecule has 0 saturated carbocycles. The van der Waals surface area contributed by atoms with Crippen LogP contribution in [0, 0.1) is 6.92 Å². The highest BCUT2D eigenvalue weighted by molar-refractivity contribution is 5.97. The summed E-state index contributed by atoms with van der Waals surface area (Å²) in [7, 11) is 0. The third kappa shape index (κ3) is 3.75. The molecule has 0 heterocycles. The lowest BCUT2D eigenvalue weighted by Crippen LogP contribution is -2.44. The van der Waals surface area contributed by atoms with Crippen LogP contribution >= 0.6 is 0 Å². The number of aromatic hydroxyl groups is 1. The van der Waals surface area contributed by atoms with Gasteiger partial charge in [0, 0.05) is 5.54 Å². The van der Waals surface area contributed by atoms with Crippen molar-refractivity contribution in [2.45, 2.75) is 32.7 Å². The minimum Gasteiger partial charge on any atom is -0.507 e. The Hall–Kier alpha value is -1.55. The van der Waals surface area contributed by atoms with E-state index < -0.39 is 0 Å². The smallest absolute Gasteiger partial charge is 0.255 e. The number of carbonyl (C=O) groups excluding carboxylic acids is 1. The number of amides is 1. The molecule has 4 nitrogen and oxygen atoms in total. The molecule has 1 aromatic carbocycles. The van der Waals surface area contributed by atoms with E-state index in [4.69, 9.17) is 5.73 Å². The van der Waals surface area contributed by atoms with Gasteiger partial charge >= 0.3 is 0 Å². The number of hydrogen-bond acceptors (Lipinski definition) is 3. The molecule has 0 aliphatic heterocycles. The Labute approximate surface area is 102 Å². The Morgan fingerprint density at radius 3 is 2.65 bits per heavy atom. The van der Waals surface area contributed by atoms with Gasteiger partial charge < -0.3 is 16.2 Å². The number of aryl methyl sites for hydroxylation is 1. The molecule has 1 aromatic rings. The summed E-state index contributed by atoms with van der Waals surface area (Å²) in [5, 5.41) is 12.6. The van der Waals surface area contributed by atoms with Gasteiger partial charge in [0.2, 0.25) is 0 Å². The predicted octanol–water partition coefficient (Wildman–Crippen LogP) is 1.56. The van der Waals surface area contributed by atoms with Gasteiger partial charge in [0.1, 0.15) is 5.75 Å². The van der Waals surface area contributed by atoms with Crippen LogP contribution < -0.4 is 11.1 Å². The number of phenolic OH excluding ortho intramolecular Hbond substituents is 1. The van der Waals surface area contributed by atoms with Gasteiger partial charge in [-0.1, -0.05) is 6.07 Å². The van der Waals surface area contributed by atoms with Crippen LogP contribution in [-0.2, 0) is 0 Å². The first kappa shape index (κ1) is 13.5. The largest absolute Gasteiger partial charge is 0.507 e. The standard InChI is InChI=1S/C13H20N2O2/c1-9-4-5-10(11(16)8-9)12(17)15-13(2,3)6-7-14/h4-5,8,16H,6-7,14H2,1-3H3,(H,15,17). The van der Waals surface area contributed by atoms with Crippen molar-refractivity contribution in [2.75, 3.05) is 6.54 Å².